The van der Waals surface area contributed by atoms with Crippen LogP contribution >= 0.6 is 0 Å². The van der Waals surface area contributed by atoms with E-state index in [4.69, 9.17) is 9.47 Å². The van der Waals surface area contributed by atoms with Crippen molar-refractivity contribution in [2.75, 3.05) is 13.2 Å². The van der Waals surface area contributed by atoms with Gasteiger partial charge in [-0.2, -0.15) is 0 Å². The molecule has 0 aromatic rings. The number of esters is 2. The van der Waals surface area contributed by atoms with Crippen LogP contribution in [0.5, 0.6) is 0 Å². The maximum Gasteiger partial charge on any atom is 0.323 e. The molecule has 0 saturated carbocycles. The lowest BCUT2D eigenvalue weighted by atomic mass is 9.80. The molecule has 0 amide bonds. The van der Waals surface area contributed by atoms with Gasteiger partial charge in [-0.1, -0.05) is 26.7 Å². The van der Waals surface area contributed by atoms with E-state index < -0.39 is 17.4 Å². The van der Waals surface area contributed by atoms with Crippen LogP contribution in [0.1, 0.15) is 53.4 Å². The zero-order valence-electron chi connectivity index (χ0n) is 11.4. The van der Waals surface area contributed by atoms with E-state index in [1.165, 1.54) is 0 Å². The van der Waals surface area contributed by atoms with Gasteiger partial charge in [-0.3, -0.25) is 9.59 Å². The van der Waals surface area contributed by atoms with Gasteiger partial charge in [0.2, 0.25) is 0 Å². The summed E-state index contributed by atoms with van der Waals surface area (Å²) in [6.07, 6.45) is 2.66. The average molecular weight is 244 g/mol. The van der Waals surface area contributed by atoms with Crippen molar-refractivity contribution in [1.29, 1.82) is 0 Å². The van der Waals surface area contributed by atoms with Gasteiger partial charge in [0.15, 0.2) is 5.41 Å². The van der Waals surface area contributed by atoms with Crippen molar-refractivity contribution < 1.29 is 19.1 Å². The summed E-state index contributed by atoms with van der Waals surface area (Å²) < 4.78 is 10.0. The van der Waals surface area contributed by atoms with E-state index in [0.29, 0.717) is 12.8 Å². The molecule has 0 aliphatic heterocycles. The number of rotatable bonds is 8. The molecular weight excluding hydrogens is 220 g/mol. The van der Waals surface area contributed by atoms with E-state index in [-0.39, 0.29) is 13.2 Å². The number of carbonyl (C=O) groups is 2. The second-order valence-electron chi connectivity index (χ2n) is 3.98. The smallest absolute Gasteiger partial charge is 0.323 e. The van der Waals surface area contributed by atoms with Gasteiger partial charge < -0.3 is 9.47 Å². The summed E-state index contributed by atoms with van der Waals surface area (Å²) >= 11 is 0. The van der Waals surface area contributed by atoms with Crippen LogP contribution in [-0.4, -0.2) is 25.2 Å². The molecular formula is C13H24O4. The molecule has 17 heavy (non-hydrogen) atoms. The van der Waals surface area contributed by atoms with Gasteiger partial charge in [0.05, 0.1) is 13.2 Å². The van der Waals surface area contributed by atoms with E-state index >= 15 is 0 Å². The van der Waals surface area contributed by atoms with Crippen molar-refractivity contribution in [3.8, 4) is 0 Å². The summed E-state index contributed by atoms with van der Waals surface area (Å²) in [5, 5.41) is 0. The normalized spacial score (nSPS) is 11.1. The molecule has 0 heterocycles. The molecule has 0 aliphatic rings. The van der Waals surface area contributed by atoms with Crippen molar-refractivity contribution >= 4 is 11.9 Å². The second kappa shape index (κ2) is 8.09. The maximum atomic E-state index is 12.0. The number of hydrogen-bond donors (Lipinski definition) is 0. The highest BCUT2D eigenvalue weighted by Crippen LogP contribution is 2.32. The van der Waals surface area contributed by atoms with Crippen molar-refractivity contribution in [2.24, 2.45) is 5.41 Å². The van der Waals surface area contributed by atoms with Gasteiger partial charge in [-0.25, -0.2) is 0 Å². The molecule has 0 spiro atoms. The molecule has 0 aromatic carbocycles. The SMILES string of the molecule is CCCCC(CC)(C(=O)OCC)C(=O)OCC. The summed E-state index contributed by atoms with van der Waals surface area (Å²) in [7, 11) is 0. The first-order valence-electron chi connectivity index (χ1n) is 6.43. The van der Waals surface area contributed by atoms with Crippen molar-refractivity contribution in [3.63, 3.8) is 0 Å². The quantitative estimate of drug-likeness (QED) is 0.486. The van der Waals surface area contributed by atoms with Crippen molar-refractivity contribution in [2.45, 2.75) is 53.4 Å². The van der Waals surface area contributed by atoms with Crippen LogP contribution in [0.15, 0.2) is 0 Å². The monoisotopic (exact) mass is 244 g/mol. The molecule has 0 radical (unpaired) electrons. The van der Waals surface area contributed by atoms with Gasteiger partial charge >= 0.3 is 11.9 Å². The number of ether oxygens (including phenoxy) is 2. The first kappa shape index (κ1) is 15.9. The molecule has 0 N–H and O–H groups in total. The van der Waals surface area contributed by atoms with E-state index in [0.717, 1.165) is 12.8 Å². The molecule has 0 bridgehead atoms. The lowest BCUT2D eigenvalue weighted by molar-refractivity contribution is -0.173. The van der Waals surface area contributed by atoms with Crippen LogP contribution in [0.2, 0.25) is 0 Å². The summed E-state index contributed by atoms with van der Waals surface area (Å²) in [6, 6.07) is 0. The van der Waals surface area contributed by atoms with Crippen LogP contribution in [0, 0.1) is 5.41 Å². The lowest BCUT2D eigenvalue weighted by Crippen LogP contribution is -2.41. The van der Waals surface area contributed by atoms with Gasteiger partial charge in [0, 0.05) is 0 Å². The fraction of sp³-hybridized carbons (Fsp3) is 0.846. The number of carbonyl (C=O) groups excluding carboxylic acids is 2. The highest BCUT2D eigenvalue weighted by atomic mass is 16.6. The zero-order valence-corrected chi connectivity index (χ0v) is 11.4. The van der Waals surface area contributed by atoms with Crippen LogP contribution in [0.4, 0.5) is 0 Å². The Morgan fingerprint density at radius 3 is 1.71 bits per heavy atom. The van der Waals surface area contributed by atoms with E-state index in [1.807, 2.05) is 13.8 Å². The van der Waals surface area contributed by atoms with Crippen molar-refractivity contribution in [1.82, 2.24) is 0 Å². The Kier molecular flexibility index (Phi) is 7.59. The molecule has 0 aliphatic carbocycles. The molecule has 4 heteroatoms. The maximum absolute atomic E-state index is 12.0. The highest BCUT2D eigenvalue weighted by Gasteiger charge is 2.46. The minimum absolute atomic E-state index is 0.284. The van der Waals surface area contributed by atoms with E-state index in [1.54, 1.807) is 13.8 Å². The Morgan fingerprint density at radius 2 is 1.41 bits per heavy atom. The Hall–Kier alpha value is -1.06. The largest absolute Gasteiger partial charge is 0.465 e. The first-order chi connectivity index (χ1) is 8.08. The summed E-state index contributed by atoms with van der Waals surface area (Å²) in [5.74, 6) is -0.899. The van der Waals surface area contributed by atoms with Crippen LogP contribution < -0.4 is 0 Å². The summed E-state index contributed by atoms with van der Waals surface area (Å²) in [5.41, 5.74) is -1.11. The van der Waals surface area contributed by atoms with Crippen molar-refractivity contribution in [3.05, 3.63) is 0 Å². The lowest BCUT2D eigenvalue weighted by Gasteiger charge is -2.27. The first-order valence-corrected chi connectivity index (χ1v) is 6.43. The number of unbranched alkanes of at least 4 members (excludes halogenated alkanes) is 1. The third-order valence-corrected chi connectivity index (χ3v) is 2.89. The molecule has 0 saturated heterocycles. The predicted molar refractivity (Wildman–Crippen MR) is 65.5 cm³/mol. The molecule has 100 valence electrons. The Balaban J connectivity index is 4.98. The molecule has 4 nitrogen and oxygen atoms in total. The topological polar surface area (TPSA) is 52.6 Å². The number of hydrogen-bond acceptors (Lipinski definition) is 4. The van der Waals surface area contributed by atoms with Crippen LogP contribution in [-0.2, 0) is 19.1 Å². The Bertz CT molecular complexity index is 230. The molecule has 0 atom stereocenters. The average Bonchev–Trinajstić information content (AvgIpc) is 2.31. The Labute approximate surface area is 104 Å². The minimum atomic E-state index is -1.11. The summed E-state index contributed by atoms with van der Waals surface area (Å²) in [6.45, 7) is 7.89. The van der Waals surface area contributed by atoms with E-state index in [9.17, 15) is 9.59 Å². The summed E-state index contributed by atoms with van der Waals surface area (Å²) in [4.78, 5) is 24.0. The fourth-order valence-corrected chi connectivity index (χ4v) is 1.77. The second-order valence-corrected chi connectivity index (χ2v) is 3.98. The highest BCUT2D eigenvalue weighted by molar-refractivity contribution is 6.00. The predicted octanol–water partition coefficient (Wildman–Crippen LogP) is 2.70. The Morgan fingerprint density at radius 1 is 0.941 bits per heavy atom. The molecule has 0 unspecified atom stereocenters. The van der Waals surface area contributed by atoms with Gasteiger partial charge in [-0.05, 0) is 26.7 Å². The van der Waals surface area contributed by atoms with Crippen LogP contribution in [0.3, 0.4) is 0 Å². The zero-order chi connectivity index (χ0) is 13.3. The molecule has 0 aromatic heterocycles. The van der Waals surface area contributed by atoms with Gasteiger partial charge in [0.1, 0.15) is 0 Å². The standard InChI is InChI=1S/C13H24O4/c1-5-9-10-13(6-2,11(14)16-7-3)12(15)17-8-4/h5-10H2,1-4H3. The molecule has 0 rings (SSSR count). The fourth-order valence-electron chi connectivity index (χ4n) is 1.77. The third-order valence-electron chi connectivity index (χ3n) is 2.89. The van der Waals surface area contributed by atoms with Gasteiger partial charge in [-0.15, -0.1) is 0 Å². The molecule has 0 fully saturated rings. The van der Waals surface area contributed by atoms with E-state index in [2.05, 4.69) is 0 Å². The van der Waals surface area contributed by atoms with Crippen LogP contribution in [0.25, 0.3) is 0 Å². The third kappa shape index (κ3) is 4.02. The van der Waals surface area contributed by atoms with Gasteiger partial charge in [0.25, 0.3) is 0 Å². The minimum Gasteiger partial charge on any atom is -0.465 e.